The molecule has 2 nitrogen and oxygen atoms in total. The number of hydrazine groups is 1. The van der Waals surface area contributed by atoms with Crippen molar-refractivity contribution in [2.24, 2.45) is 5.84 Å². The fourth-order valence-electron chi connectivity index (χ4n) is 1.83. The highest BCUT2D eigenvalue weighted by atomic mass is 32.2. The Balaban J connectivity index is 2.07. The summed E-state index contributed by atoms with van der Waals surface area (Å²) in [5, 5.41) is 0. The van der Waals surface area contributed by atoms with Gasteiger partial charge in [0.25, 0.3) is 0 Å². The Labute approximate surface area is 121 Å². The van der Waals surface area contributed by atoms with Crippen molar-refractivity contribution in [1.29, 1.82) is 0 Å². The first-order valence-electron chi connectivity index (χ1n) is 6.20. The third-order valence-corrected chi connectivity index (χ3v) is 4.03. The maximum absolute atomic E-state index is 13.2. The molecule has 0 saturated heterocycles. The first kappa shape index (κ1) is 15.0. The second-order valence-electron chi connectivity index (χ2n) is 4.55. The average Bonchev–Trinajstić information content (AvgIpc) is 2.40. The van der Waals surface area contributed by atoms with E-state index in [4.69, 9.17) is 5.84 Å². The van der Waals surface area contributed by atoms with Crippen LogP contribution in [-0.2, 0) is 0 Å². The van der Waals surface area contributed by atoms with Gasteiger partial charge in [0.1, 0.15) is 11.6 Å². The number of rotatable bonds is 5. The summed E-state index contributed by atoms with van der Waals surface area (Å²) in [7, 11) is 0. The van der Waals surface area contributed by atoms with E-state index in [1.54, 1.807) is 11.8 Å². The van der Waals surface area contributed by atoms with Crippen molar-refractivity contribution in [2.45, 2.75) is 17.9 Å². The van der Waals surface area contributed by atoms with E-state index in [1.165, 1.54) is 17.7 Å². The highest BCUT2D eigenvalue weighted by Gasteiger charge is 2.12. The Morgan fingerprint density at radius 3 is 2.25 bits per heavy atom. The summed E-state index contributed by atoms with van der Waals surface area (Å²) < 4.78 is 26.4. The molecule has 2 aromatic rings. The zero-order chi connectivity index (χ0) is 14.5. The average molecular weight is 294 g/mol. The number of hydrogen-bond donors (Lipinski definition) is 2. The fraction of sp³-hybridized carbons (Fsp3) is 0.200. The van der Waals surface area contributed by atoms with E-state index >= 15 is 0 Å². The molecule has 2 aromatic carbocycles. The van der Waals surface area contributed by atoms with Crippen LogP contribution >= 0.6 is 11.8 Å². The van der Waals surface area contributed by atoms with Gasteiger partial charge in [0.05, 0.1) is 6.04 Å². The van der Waals surface area contributed by atoms with Crippen LogP contribution in [0.25, 0.3) is 0 Å². The Bertz CT molecular complexity index is 552. The molecule has 0 fully saturated rings. The van der Waals surface area contributed by atoms with Gasteiger partial charge in [-0.3, -0.25) is 11.3 Å². The summed E-state index contributed by atoms with van der Waals surface area (Å²) in [4.78, 5) is 1.09. The topological polar surface area (TPSA) is 38.0 Å². The molecule has 3 N–H and O–H groups in total. The minimum atomic E-state index is -0.597. The lowest BCUT2D eigenvalue weighted by molar-refractivity contribution is 0.559. The van der Waals surface area contributed by atoms with Crippen molar-refractivity contribution in [3.63, 3.8) is 0 Å². The summed E-state index contributed by atoms with van der Waals surface area (Å²) in [5.74, 6) is 4.88. The van der Waals surface area contributed by atoms with Crippen LogP contribution in [0.1, 0.15) is 17.2 Å². The number of aryl methyl sites for hydroxylation is 1. The van der Waals surface area contributed by atoms with Gasteiger partial charge in [-0.1, -0.05) is 17.7 Å². The summed E-state index contributed by atoms with van der Waals surface area (Å²) in [6.45, 7) is 2.02. The maximum atomic E-state index is 13.2. The van der Waals surface area contributed by atoms with Gasteiger partial charge in [0, 0.05) is 16.7 Å². The highest BCUT2D eigenvalue weighted by Crippen LogP contribution is 2.25. The van der Waals surface area contributed by atoms with Crippen molar-refractivity contribution < 1.29 is 8.78 Å². The Morgan fingerprint density at radius 2 is 1.70 bits per heavy atom. The van der Waals surface area contributed by atoms with Crippen LogP contribution in [-0.4, -0.2) is 5.75 Å². The molecule has 106 valence electrons. The molecule has 0 heterocycles. The molecular formula is C15H16F2N2S. The number of nitrogens with two attached hydrogens (primary N) is 1. The monoisotopic (exact) mass is 294 g/mol. The molecule has 0 radical (unpaired) electrons. The minimum absolute atomic E-state index is 0.313. The largest absolute Gasteiger partial charge is 0.271 e. The summed E-state index contributed by atoms with van der Waals surface area (Å²) in [6.07, 6.45) is 0. The molecular weight excluding hydrogens is 278 g/mol. The van der Waals surface area contributed by atoms with Crippen molar-refractivity contribution in [3.8, 4) is 0 Å². The molecule has 0 aliphatic carbocycles. The lowest BCUT2D eigenvalue weighted by atomic mass is 10.1. The lowest BCUT2D eigenvalue weighted by Gasteiger charge is -2.16. The molecule has 0 amide bonds. The SMILES string of the molecule is Cc1ccc(SCC(NN)c2cc(F)cc(F)c2)cc1. The second kappa shape index (κ2) is 6.83. The zero-order valence-electron chi connectivity index (χ0n) is 11.1. The van der Waals surface area contributed by atoms with Crippen LogP contribution in [0, 0.1) is 18.6 Å². The smallest absolute Gasteiger partial charge is 0.126 e. The number of halogens is 2. The van der Waals surface area contributed by atoms with Gasteiger partial charge in [0.15, 0.2) is 0 Å². The van der Waals surface area contributed by atoms with Crippen molar-refractivity contribution in [2.75, 3.05) is 5.75 Å². The number of benzene rings is 2. The molecule has 1 unspecified atom stereocenters. The van der Waals surface area contributed by atoms with Crippen LogP contribution in [0.3, 0.4) is 0 Å². The maximum Gasteiger partial charge on any atom is 0.126 e. The molecule has 1 atom stereocenters. The van der Waals surface area contributed by atoms with Crippen molar-refractivity contribution in [3.05, 3.63) is 65.2 Å². The van der Waals surface area contributed by atoms with Crippen LogP contribution < -0.4 is 11.3 Å². The van der Waals surface area contributed by atoms with Crippen LogP contribution in [0.15, 0.2) is 47.4 Å². The summed E-state index contributed by atoms with van der Waals surface area (Å²) in [5.41, 5.74) is 4.29. The molecule has 0 aromatic heterocycles. The fourth-order valence-corrected chi connectivity index (χ4v) is 2.81. The van der Waals surface area contributed by atoms with E-state index in [9.17, 15) is 8.78 Å². The Kier molecular flexibility index (Phi) is 5.11. The van der Waals surface area contributed by atoms with E-state index in [2.05, 4.69) is 5.43 Å². The lowest BCUT2D eigenvalue weighted by Crippen LogP contribution is -2.29. The normalized spacial score (nSPS) is 12.4. The molecule has 2 rings (SSSR count). The summed E-state index contributed by atoms with van der Waals surface area (Å²) in [6, 6.07) is 11.2. The van der Waals surface area contributed by atoms with E-state index in [-0.39, 0.29) is 6.04 Å². The molecule has 0 aliphatic rings. The summed E-state index contributed by atoms with van der Waals surface area (Å²) >= 11 is 1.58. The minimum Gasteiger partial charge on any atom is -0.271 e. The number of nitrogens with one attached hydrogen (secondary N) is 1. The van der Waals surface area contributed by atoms with Gasteiger partial charge in [-0.05, 0) is 36.8 Å². The third-order valence-electron chi connectivity index (χ3n) is 2.93. The Morgan fingerprint density at radius 1 is 1.10 bits per heavy atom. The first-order valence-corrected chi connectivity index (χ1v) is 7.18. The molecule has 0 aliphatic heterocycles. The van der Waals surface area contributed by atoms with E-state index in [1.807, 2.05) is 31.2 Å². The molecule has 20 heavy (non-hydrogen) atoms. The van der Waals surface area contributed by atoms with Gasteiger partial charge in [-0.15, -0.1) is 11.8 Å². The predicted molar refractivity (Wildman–Crippen MR) is 78.3 cm³/mol. The van der Waals surface area contributed by atoms with Gasteiger partial charge in [-0.25, -0.2) is 8.78 Å². The number of hydrogen-bond acceptors (Lipinski definition) is 3. The van der Waals surface area contributed by atoms with E-state index < -0.39 is 11.6 Å². The van der Waals surface area contributed by atoms with Crippen LogP contribution in [0.5, 0.6) is 0 Å². The second-order valence-corrected chi connectivity index (χ2v) is 5.64. The predicted octanol–water partition coefficient (Wildman–Crippen LogP) is 3.57. The van der Waals surface area contributed by atoms with Crippen LogP contribution in [0.2, 0.25) is 0 Å². The molecule has 5 heteroatoms. The van der Waals surface area contributed by atoms with Crippen molar-refractivity contribution in [1.82, 2.24) is 5.43 Å². The van der Waals surface area contributed by atoms with Crippen LogP contribution in [0.4, 0.5) is 8.78 Å². The quantitative estimate of drug-likeness (QED) is 0.503. The Hall–Kier alpha value is -1.43. The number of thioether (sulfide) groups is 1. The molecule has 0 saturated carbocycles. The first-order chi connectivity index (χ1) is 9.58. The van der Waals surface area contributed by atoms with Gasteiger partial charge >= 0.3 is 0 Å². The third kappa shape index (κ3) is 4.03. The molecule has 0 bridgehead atoms. The van der Waals surface area contributed by atoms with E-state index in [0.29, 0.717) is 11.3 Å². The van der Waals surface area contributed by atoms with Gasteiger partial charge < -0.3 is 0 Å². The standard InChI is InChI=1S/C15H16F2N2S/c1-10-2-4-14(5-3-10)20-9-15(19-18)11-6-12(16)8-13(17)7-11/h2-8,15,19H,9,18H2,1H3. The highest BCUT2D eigenvalue weighted by molar-refractivity contribution is 7.99. The van der Waals surface area contributed by atoms with Gasteiger partial charge in [0.2, 0.25) is 0 Å². The zero-order valence-corrected chi connectivity index (χ0v) is 11.9. The van der Waals surface area contributed by atoms with Gasteiger partial charge in [-0.2, -0.15) is 0 Å². The van der Waals surface area contributed by atoms with Crippen molar-refractivity contribution >= 4 is 11.8 Å². The molecule has 0 spiro atoms. The van der Waals surface area contributed by atoms with E-state index in [0.717, 1.165) is 11.0 Å².